The molecule has 0 aliphatic carbocycles. The lowest BCUT2D eigenvalue weighted by molar-refractivity contribution is -0.384. The Morgan fingerprint density at radius 2 is 2.04 bits per heavy atom. The Morgan fingerprint density at radius 3 is 2.72 bits per heavy atom. The standard InChI is InChI=1S/C15H8BrClN4O4/c16-7-1-4-12-10(5-7)13(15(23)18-12)19-20-14(22)9-3-2-8(21(24)25)6-11(9)17/h1-6,18,23H. The predicted octanol–water partition coefficient (Wildman–Crippen LogP) is 5.12. The summed E-state index contributed by atoms with van der Waals surface area (Å²) < 4.78 is 0.764. The molecule has 3 rings (SSSR count). The predicted molar refractivity (Wildman–Crippen MR) is 94.6 cm³/mol. The number of carbonyl (C=O) groups excluding carboxylic acids is 1. The smallest absolute Gasteiger partial charge is 0.296 e. The third kappa shape index (κ3) is 3.37. The van der Waals surface area contributed by atoms with E-state index in [1.54, 1.807) is 18.2 Å². The zero-order valence-electron chi connectivity index (χ0n) is 12.2. The first-order chi connectivity index (χ1) is 11.9. The van der Waals surface area contributed by atoms with Gasteiger partial charge in [-0.3, -0.25) is 14.9 Å². The summed E-state index contributed by atoms with van der Waals surface area (Å²) in [6.45, 7) is 0. The number of nitrogens with zero attached hydrogens (tertiary/aromatic N) is 3. The van der Waals surface area contributed by atoms with Crippen molar-refractivity contribution in [1.29, 1.82) is 0 Å². The summed E-state index contributed by atoms with van der Waals surface area (Å²) in [6, 6.07) is 8.63. The number of halogens is 2. The van der Waals surface area contributed by atoms with Gasteiger partial charge in [-0.1, -0.05) is 27.5 Å². The van der Waals surface area contributed by atoms with Crippen LogP contribution >= 0.6 is 27.5 Å². The summed E-state index contributed by atoms with van der Waals surface area (Å²) in [5.74, 6) is -1.02. The summed E-state index contributed by atoms with van der Waals surface area (Å²) in [6.07, 6.45) is 0. The minimum Gasteiger partial charge on any atom is -0.493 e. The van der Waals surface area contributed by atoms with E-state index >= 15 is 0 Å². The number of nitro benzene ring substituents is 1. The Kier molecular flexibility index (Phi) is 4.51. The van der Waals surface area contributed by atoms with Crippen molar-refractivity contribution >= 4 is 55.7 Å². The molecule has 0 atom stereocenters. The number of aromatic nitrogens is 1. The van der Waals surface area contributed by atoms with Gasteiger partial charge in [0.25, 0.3) is 11.6 Å². The summed E-state index contributed by atoms with van der Waals surface area (Å²) in [5, 5.41) is 28.4. The van der Waals surface area contributed by atoms with Crippen LogP contribution in [0.3, 0.4) is 0 Å². The number of aromatic amines is 1. The Bertz CT molecular complexity index is 1050. The van der Waals surface area contributed by atoms with Crippen LogP contribution in [0.4, 0.5) is 11.4 Å². The largest absolute Gasteiger partial charge is 0.493 e. The highest BCUT2D eigenvalue weighted by atomic mass is 79.9. The van der Waals surface area contributed by atoms with Crippen LogP contribution in [0, 0.1) is 10.1 Å². The van der Waals surface area contributed by atoms with E-state index in [4.69, 9.17) is 11.6 Å². The van der Waals surface area contributed by atoms with Gasteiger partial charge < -0.3 is 10.1 Å². The van der Waals surface area contributed by atoms with Crippen LogP contribution in [0.5, 0.6) is 5.88 Å². The molecule has 1 aromatic heterocycles. The zero-order chi connectivity index (χ0) is 18.1. The Balaban J connectivity index is 1.95. The SMILES string of the molecule is O=C(N=Nc1c(O)[nH]c2ccc(Br)cc12)c1ccc([N+](=O)[O-])cc1Cl. The summed E-state index contributed by atoms with van der Waals surface area (Å²) in [7, 11) is 0. The van der Waals surface area contributed by atoms with Gasteiger partial charge in [-0.15, -0.1) is 10.2 Å². The van der Waals surface area contributed by atoms with Crippen LogP contribution in [0.2, 0.25) is 5.02 Å². The van der Waals surface area contributed by atoms with Crippen LogP contribution in [-0.2, 0) is 0 Å². The first-order valence-corrected chi connectivity index (χ1v) is 7.94. The second kappa shape index (κ2) is 6.61. The maximum atomic E-state index is 12.1. The topological polar surface area (TPSA) is 121 Å². The lowest BCUT2D eigenvalue weighted by atomic mass is 10.2. The molecule has 0 radical (unpaired) electrons. The molecular formula is C15H8BrClN4O4. The fraction of sp³-hybridized carbons (Fsp3) is 0. The average Bonchev–Trinajstić information content (AvgIpc) is 2.87. The fourth-order valence-corrected chi connectivity index (χ4v) is 2.79. The van der Waals surface area contributed by atoms with Gasteiger partial charge in [0, 0.05) is 22.0 Å². The number of azo groups is 1. The van der Waals surface area contributed by atoms with E-state index in [1.807, 2.05) is 0 Å². The van der Waals surface area contributed by atoms with E-state index in [9.17, 15) is 20.0 Å². The normalized spacial score (nSPS) is 11.3. The average molecular weight is 424 g/mol. The van der Waals surface area contributed by atoms with Gasteiger partial charge in [0.05, 0.1) is 21.0 Å². The minimum absolute atomic E-state index is 0.0310. The number of carbonyl (C=O) groups is 1. The first kappa shape index (κ1) is 17.1. The molecule has 126 valence electrons. The van der Waals surface area contributed by atoms with Crippen molar-refractivity contribution in [3.05, 3.63) is 61.6 Å². The van der Waals surface area contributed by atoms with Crippen molar-refractivity contribution in [3.63, 3.8) is 0 Å². The number of nitrogens with one attached hydrogen (secondary N) is 1. The van der Waals surface area contributed by atoms with Crippen molar-refractivity contribution < 1.29 is 14.8 Å². The molecule has 0 aliphatic heterocycles. The van der Waals surface area contributed by atoms with Crippen LogP contribution in [0.1, 0.15) is 10.4 Å². The minimum atomic E-state index is -0.788. The van der Waals surface area contributed by atoms with Crippen LogP contribution in [-0.4, -0.2) is 20.9 Å². The molecule has 2 aromatic carbocycles. The van der Waals surface area contributed by atoms with Crippen LogP contribution in [0.15, 0.2) is 51.1 Å². The highest BCUT2D eigenvalue weighted by Crippen LogP contribution is 2.37. The van der Waals surface area contributed by atoms with E-state index < -0.39 is 10.8 Å². The van der Waals surface area contributed by atoms with Gasteiger partial charge in [0.2, 0.25) is 5.88 Å². The molecule has 0 fully saturated rings. The van der Waals surface area contributed by atoms with E-state index in [0.717, 1.165) is 16.6 Å². The van der Waals surface area contributed by atoms with Crippen LogP contribution < -0.4 is 0 Å². The molecule has 2 N–H and O–H groups in total. The monoisotopic (exact) mass is 422 g/mol. The number of fused-ring (bicyclic) bond motifs is 1. The molecule has 0 unspecified atom stereocenters. The summed E-state index contributed by atoms with van der Waals surface area (Å²) >= 11 is 9.20. The molecule has 0 bridgehead atoms. The van der Waals surface area contributed by atoms with Crippen molar-refractivity contribution in [2.24, 2.45) is 10.2 Å². The van der Waals surface area contributed by atoms with Crippen LogP contribution in [0.25, 0.3) is 10.9 Å². The maximum Gasteiger partial charge on any atom is 0.296 e. The van der Waals surface area contributed by atoms with Gasteiger partial charge in [-0.25, -0.2) is 0 Å². The van der Waals surface area contributed by atoms with Gasteiger partial charge >= 0.3 is 0 Å². The van der Waals surface area contributed by atoms with Crippen molar-refractivity contribution in [3.8, 4) is 5.88 Å². The van der Waals surface area contributed by atoms with Gasteiger partial charge in [-0.05, 0) is 24.3 Å². The molecule has 1 amide bonds. The number of rotatable bonds is 3. The lowest BCUT2D eigenvalue weighted by Gasteiger charge is -1.99. The number of non-ortho nitro benzene ring substituents is 1. The Morgan fingerprint density at radius 1 is 1.28 bits per heavy atom. The third-order valence-electron chi connectivity index (χ3n) is 3.35. The molecule has 0 spiro atoms. The van der Waals surface area contributed by atoms with Gasteiger partial charge in [-0.2, -0.15) is 0 Å². The lowest BCUT2D eigenvalue weighted by Crippen LogP contribution is -1.96. The molecular weight excluding hydrogens is 416 g/mol. The van der Waals surface area contributed by atoms with Gasteiger partial charge in [0.1, 0.15) is 0 Å². The number of nitro groups is 1. The number of amides is 1. The van der Waals surface area contributed by atoms with E-state index in [1.165, 1.54) is 6.07 Å². The number of benzene rings is 2. The summed E-state index contributed by atoms with van der Waals surface area (Å²) in [4.78, 5) is 24.9. The fourth-order valence-electron chi connectivity index (χ4n) is 2.18. The Hall–Kier alpha value is -2.78. The first-order valence-electron chi connectivity index (χ1n) is 6.77. The molecule has 3 aromatic rings. The second-order valence-corrected chi connectivity index (χ2v) is 6.26. The molecule has 0 aliphatic rings. The van der Waals surface area contributed by atoms with Crippen molar-refractivity contribution in [2.45, 2.75) is 0 Å². The van der Waals surface area contributed by atoms with Gasteiger partial charge in [0.15, 0.2) is 5.69 Å². The molecule has 25 heavy (non-hydrogen) atoms. The number of aromatic hydroxyl groups is 1. The van der Waals surface area contributed by atoms with E-state index in [-0.39, 0.29) is 27.8 Å². The molecule has 1 heterocycles. The molecule has 0 saturated heterocycles. The number of H-pyrrole nitrogens is 1. The zero-order valence-corrected chi connectivity index (χ0v) is 14.6. The van der Waals surface area contributed by atoms with E-state index in [0.29, 0.717) is 10.9 Å². The quantitative estimate of drug-likeness (QED) is 0.345. The number of hydrogen-bond donors (Lipinski definition) is 2. The molecule has 0 saturated carbocycles. The second-order valence-electron chi connectivity index (χ2n) is 4.94. The Labute approximate surface area is 153 Å². The highest BCUT2D eigenvalue weighted by Gasteiger charge is 2.16. The highest BCUT2D eigenvalue weighted by molar-refractivity contribution is 9.10. The molecule has 8 nitrogen and oxygen atoms in total. The third-order valence-corrected chi connectivity index (χ3v) is 4.15. The summed E-state index contributed by atoms with van der Waals surface area (Å²) in [5.41, 5.74) is 0.451. The number of hydrogen-bond acceptors (Lipinski definition) is 5. The van der Waals surface area contributed by atoms with Crippen molar-refractivity contribution in [2.75, 3.05) is 0 Å². The van der Waals surface area contributed by atoms with E-state index in [2.05, 4.69) is 31.1 Å². The maximum absolute atomic E-state index is 12.1. The van der Waals surface area contributed by atoms with Crippen molar-refractivity contribution in [1.82, 2.24) is 4.98 Å². The molecule has 10 heteroatoms.